The summed E-state index contributed by atoms with van der Waals surface area (Å²) in [6, 6.07) is 0. The highest BCUT2D eigenvalue weighted by atomic mass is 31.2. The fourth-order valence-corrected chi connectivity index (χ4v) is 4.50. The van der Waals surface area contributed by atoms with Gasteiger partial charge in [-0.3, -0.25) is 4.57 Å². The molecule has 0 fully saturated rings. The van der Waals surface area contributed by atoms with Gasteiger partial charge < -0.3 is 19.4 Å². The van der Waals surface area contributed by atoms with E-state index >= 15 is 0 Å². The molecule has 0 aromatic rings. The van der Waals surface area contributed by atoms with E-state index in [0.717, 1.165) is 32.1 Å². The van der Waals surface area contributed by atoms with Crippen LogP contribution in [0.25, 0.3) is 0 Å². The van der Waals surface area contributed by atoms with Crippen molar-refractivity contribution < 1.29 is 23.9 Å². The van der Waals surface area contributed by atoms with E-state index in [4.69, 9.17) is 0 Å². The van der Waals surface area contributed by atoms with Gasteiger partial charge in [0.25, 0.3) is 0 Å². The Balaban J connectivity index is 3.82. The second-order valence-corrected chi connectivity index (χ2v) is 11.2. The first-order valence-corrected chi connectivity index (χ1v) is 13.0. The molecule has 0 saturated carbocycles. The number of hydrogen-bond acceptors (Lipinski definition) is 2. The van der Waals surface area contributed by atoms with Gasteiger partial charge in [-0.15, -0.1) is 0 Å². The van der Waals surface area contributed by atoms with E-state index in [1.807, 2.05) is 21.1 Å². The van der Waals surface area contributed by atoms with Crippen molar-refractivity contribution in [2.75, 3.05) is 27.7 Å². The first kappa shape index (κ1) is 28.5. The molecular weight excluding hydrogens is 385 g/mol. The standard InChI is InChI=1S/C23H46NO4P/c1-5-6-7-8-9-10-11-12-13-14-15-16-17-18-19-20-21-23(25,29(26,27)28)22-24(2,3)4/h10-11,15-16,25H,5-9,12-14,17-22H2,1-4H3,(H-,26,27,28)/p+1/b11-10-,16-15-. The Labute approximate surface area is 179 Å². The van der Waals surface area contributed by atoms with Crippen LogP contribution in [-0.2, 0) is 4.57 Å². The zero-order valence-electron chi connectivity index (χ0n) is 19.4. The van der Waals surface area contributed by atoms with Crippen LogP contribution in [0.3, 0.4) is 0 Å². The minimum Gasteiger partial charge on any atom is -0.373 e. The minimum atomic E-state index is -4.55. The Morgan fingerprint density at radius 3 is 1.62 bits per heavy atom. The maximum absolute atomic E-state index is 11.7. The second-order valence-electron chi connectivity index (χ2n) is 9.30. The number of quaternary nitrogens is 1. The molecular formula is C23H47NO4P+. The largest absolute Gasteiger partial charge is 0.373 e. The molecule has 0 aliphatic heterocycles. The molecule has 1 atom stereocenters. The number of rotatable bonds is 18. The molecule has 0 amide bonds. The third-order valence-corrected chi connectivity index (χ3v) is 6.47. The summed E-state index contributed by atoms with van der Waals surface area (Å²) in [7, 11) is 0.931. The first-order chi connectivity index (χ1) is 13.5. The zero-order chi connectivity index (χ0) is 22.2. The topological polar surface area (TPSA) is 77.8 Å². The fourth-order valence-electron chi connectivity index (χ4n) is 3.44. The van der Waals surface area contributed by atoms with Crippen LogP contribution in [0.5, 0.6) is 0 Å². The normalized spacial score (nSPS) is 15.4. The maximum atomic E-state index is 11.7. The Morgan fingerprint density at radius 1 is 0.759 bits per heavy atom. The van der Waals surface area contributed by atoms with Crippen molar-refractivity contribution in [3.8, 4) is 0 Å². The lowest BCUT2D eigenvalue weighted by molar-refractivity contribution is -0.875. The molecule has 1 unspecified atom stereocenters. The van der Waals surface area contributed by atoms with Gasteiger partial charge in [0, 0.05) is 0 Å². The van der Waals surface area contributed by atoms with Crippen molar-refractivity contribution >= 4 is 7.60 Å². The molecule has 0 rings (SSSR count). The van der Waals surface area contributed by atoms with Gasteiger partial charge in [0.05, 0.1) is 21.1 Å². The minimum absolute atomic E-state index is 0.0460. The highest BCUT2D eigenvalue weighted by molar-refractivity contribution is 7.53. The summed E-state index contributed by atoms with van der Waals surface area (Å²) in [5, 5.41) is 8.57. The summed E-state index contributed by atoms with van der Waals surface area (Å²) >= 11 is 0. The molecule has 6 heteroatoms. The van der Waals surface area contributed by atoms with E-state index in [1.54, 1.807) is 0 Å². The number of hydrogen-bond donors (Lipinski definition) is 3. The van der Waals surface area contributed by atoms with Crippen molar-refractivity contribution in [2.45, 2.75) is 95.7 Å². The lowest BCUT2D eigenvalue weighted by Gasteiger charge is -2.35. The van der Waals surface area contributed by atoms with Crippen LogP contribution >= 0.6 is 7.60 Å². The Kier molecular flexibility index (Phi) is 15.1. The Hall–Kier alpha value is -0.450. The third-order valence-electron chi connectivity index (χ3n) is 5.02. The predicted octanol–water partition coefficient (Wildman–Crippen LogP) is 5.76. The number of aliphatic hydroxyl groups is 1. The number of unbranched alkanes of at least 4 members (excludes halogenated alkanes) is 9. The van der Waals surface area contributed by atoms with Crippen LogP contribution in [0, 0.1) is 0 Å². The van der Waals surface area contributed by atoms with Crippen LogP contribution in [0.15, 0.2) is 24.3 Å². The van der Waals surface area contributed by atoms with Gasteiger partial charge in [-0.05, 0) is 57.8 Å². The van der Waals surface area contributed by atoms with Gasteiger partial charge in [0.2, 0.25) is 5.34 Å². The third kappa shape index (κ3) is 16.0. The summed E-state index contributed by atoms with van der Waals surface area (Å²) in [4.78, 5) is 19.1. The van der Waals surface area contributed by atoms with Crippen molar-refractivity contribution in [2.24, 2.45) is 0 Å². The average Bonchev–Trinajstić information content (AvgIpc) is 2.59. The van der Waals surface area contributed by atoms with Crippen LogP contribution < -0.4 is 0 Å². The van der Waals surface area contributed by atoms with E-state index in [0.29, 0.717) is 10.9 Å². The summed E-state index contributed by atoms with van der Waals surface area (Å²) in [5.74, 6) is 0. The van der Waals surface area contributed by atoms with Crippen molar-refractivity contribution in [3.05, 3.63) is 24.3 Å². The summed E-state index contributed by atoms with van der Waals surface area (Å²) in [6.45, 7) is 2.28. The van der Waals surface area contributed by atoms with E-state index in [1.165, 1.54) is 38.5 Å². The molecule has 29 heavy (non-hydrogen) atoms. The molecule has 0 aliphatic carbocycles. The monoisotopic (exact) mass is 432 g/mol. The van der Waals surface area contributed by atoms with Crippen LogP contribution in [-0.4, -0.2) is 52.4 Å². The Morgan fingerprint density at radius 2 is 1.21 bits per heavy atom. The second kappa shape index (κ2) is 15.4. The van der Waals surface area contributed by atoms with Crippen LogP contribution in [0.2, 0.25) is 0 Å². The molecule has 0 radical (unpaired) electrons. The van der Waals surface area contributed by atoms with Gasteiger partial charge in [0.15, 0.2) is 0 Å². The Bertz CT molecular complexity index is 507. The van der Waals surface area contributed by atoms with Gasteiger partial charge >= 0.3 is 7.60 Å². The number of allylic oxidation sites excluding steroid dienone is 4. The van der Waals surface area contributed by atoms with Gasteiger partial charge in [0.1, 0.15) is 6.54 Å². The first-order valence-electron chi connectivity index (χ1n) is 11.4. The van der Waals surface area contributed by atoms with E-state index < -0.39 is 12.9 Å². The summed E-state index contributed by atoms with van der Waals surface area (Å²) in [6.07, 6.45) is 22.6. The molecule has 3 N–H and O–H groups in total. The molecule has 0 saturated heterocycles. The molecule has 0 heterocycles. The summed E-state index contributed by atoms with van der Waals surface area (Å²) in [5.41, 5.74) is 0. The van der Waals surface area contributed by atoms with Gasteiger partial charge in [-0.2, -0.15) is 0 Å². The van der Waals surface area contributed by atoms with E-state index in [2.05, 4.69) is 31.2 Å². The lowest BCUT2D eigenvalue weighted by atomic mass is 10.1. The van der Waals surface area contributed by atoms with Crippen LogP contribution in [0.4, 0.5) is 0 Å². The van der Waals surface area contributed by atoms with E-state index in [-0.39, 0.29) is 13.0 Å². The predicted molar refractivity (Wildman–Crippen MR) is 124 cm³/mol. The zero-order valence-corrected chi connectivity index (χ0v) is 20.2. The highest BCUT2D eigenvalue weighted by Crippen LogP contribution is 2.52. The molecule has 0 spiro atoms. The van der Waals surface area contributed by atoms with Crippen molar-refractivity contribution in [1.82, 2.24) is 0 Å². The van der Waals surface area contributed by atoms with Crippen molar-refractivity contribution in [3.63, 3.8) is 0 Å². The molecule has 0 aromatic heterocycles. The summed E-state index contributed by atoms with van der Waals surface area (Å²) < 4.78 is 12.1. The van der Waals surface area contributed by atoms with Gasteiger partial charge in [-0.25, -0.2) is 0 Å². The SMILES string of the molecule is CCCCCC/C=C\CCC/C=C\CCCCCC(O)(C[N+](C)(C)C)P(=O)(O)O. The maximum Gasteiger partial charge on any atom is 0.362 e. The molecule has 5 nitrogen and oxygen atoms in total. The smallest absolute Gasteiger partial charge is 0.362 e. The van der Waals surface area contributed by atoms with E-state index in [9.17, 15) is 19.5 Å². The van der Waals surface area contributed by atoms with Gasteiger partial charge in [-0.1, -0.05) is 56.9 Å². The number of likely N-dealkylation sites (N-methyl/N-ethyl adjacent to an activating group) is 1. The molecule has 0 aromatic carbocycles. The van der Waals surface area contributed by atoms with Crippen LogP contribution in [0.1, 0.15) is 90.4 Å². The lowest BCUT2D eigenvalue weighted by Crippen LogP contribution is -2.49. The van der Waals surface area contributed by atoms with Crippen molar-refractivity contribution in [1.29, 1.82) is 0 Å². The molecule has 0 aliphatic rings. The molecule has 0 bridgehead atoms. The fraction of sp³-hybridized carbons (Fsp3) is 0.826. The highest BCUT2D eigenvalue weighted by Gasteiger charge is 2.48. The quantitative estimate of drug-likeness (QED) is 0.111. The molecule has 172 valence electrons. The number of nitrogens with zero attached hydrogens (tertiary/aromatic N) is 1. The average molecular weight is 433 g/mol.